The molecule has 0 heterocycles. The molecule has 2 rings (SSSR count). The maximum absolute atomic E-state index is 11.9. The van der Waals surface area contributed by atoms with Gasteiger partial charge in [0.25, 0.3) is 5.91 Å². The van der Waals surface area contributed by atoms with Crippen molar-refractivity contribution in [3.63, 3.8) is 0 Å². The lowest BCUT2D eigenvalue weighted by Gasteiger charge is -2.12. The average Bonchev–Trinajstić information content (AvgIpc) is 2.66. The SMILES string of the molecule is COc1cc(C(C)=O)ccc1OCC(=O)NCCCOc1ccccc1. The smallest absolute Gasteiger partial charge is 0.257 e. The molecule has 6 heteroatoms. The number of amides is 1. The topological polar surface area (TPSA) is 73.9 Å². The fourth-order valence-electron chi connectivity index (χ4n) is 2.21. The maximum Gasteiger partial charge on any atom is 0.257 e. The third kappa shape index (κ3) is 6.12. The molecule has 0 saturated heterocycles. The molecule has 6 nitrogen and oxygen atoms in total. The molecule has 26 heavy (non-hydrogen) atoms. The molecule has 1 N–H and O–H groups in total. The Bertz CT molecular complexity index is 730. The Hall–Kier alpha value is -3.02. The molecule has 0 bridgehead atoms. The van der Waals surface area contributed by atoms with Gasteiger partial charge in [-0.2, -0.15) is 0 Å². The summed E-state index contributed by atoms with van der Waals surface area (Å²) in [4.78, 5) is 23.2. The Labute approximate surface area is 153 Å². The van der Waals surface area contributed by atoms with E-state index in [1.807, 2.05) is 30.3 Å². The molecule has 0 aromatic heterocycles. The van der Waals surface area contributed by atoms with E-state index in [2.05, 4.69) is 5.32 Å². The Kier molecular flexibility index (Phi) is 7.49. The summed E-state index contributed by atoms with van der Waals surface area (Å²) >= 11 is 0. The van der Waals surface area contributed by atoms with Crippen LogP contribution in [-0.4, -0.2) is 38.6 Å². The number of hydrogen-bond donors (Lipinski definition) is 1. The van der Waals surface area contributed by atoms with E-state index in [4.69, 9.17) is 14.2 Å². The first-order chi connectivity index (χ1) is 12.6. The summed E-state index contributed by atoms with van der Waals surface area (Å²) in [6, 6.07) is 14.4. The van der Waals surface area contributed by atoms with Crippen LogP contribution in [0.15, 0.2) is 48.5 Å². The Morgan fingerprint density at radius 3 is 2.46 bits per heavy atom. The van der Waals surface area contributed by atoms with Gasteiger partial charge in [0.2, 0.25) is 0 Å². The minimum atomic E-state index is -0.234. The lowest BCUT2D eigenvalue weighted by molar-refractivity contribution is -0.123. The van der Waals surface area contributed by atoms with Gasteiger partial charge in [-0.25, -0.2) is 0 Å². The highest BCUT2D eigenvalue weighted by Gasteiger charge is 2.10. The van der Waals surface area contributed by atoms with E-state index in [-0.39, 0.29) is 18.3 Å². The largest absolute Gasteiger partial charge is 0.494 e. The van der Waals surface area contributed by atoms with Gasteiger partial charge in [0.15, 0.2) is 23.9 Å². The van der Waals surface area contributed by atoms with Crippen LogP contribution in [0.25, 0.3) is 0 Å². The maximum atomic E-state index is 11.9. The highest BCUT2D eigenvalue weighted by molar-refractivity contribution is 5.94. The van der Waals surface area contributed by atoms with Crippen molar-refractivity contribution in [3.8, 4) is 17.2 Å². The number of nitrogens with one attached hydrogen (secondary N) is 1. The molecule has 0 unspecified atom stereocenters. The number of benzene rings is 2. The van der Waals surface area contributed by atoms with Crippen LogP contribution in [0.1, 0.15) is 23.7 Å². The second-order valence-corrected chi connectivity index (χ2v) is 5.58. The predicted octanol–water partition coefficient (Wildman–Crippen LogP) is 2.86. The van der Waals surface area contributed by atoms with E-state index in [0.29, 0.717) is 36.6 Å². The standard InChI is InChI=1S/C20H23NO5/c1-15(22)16-9-10-18(19(13-16)24-2)26-14-20(23)21-11-6-12-25-17-7-4-3-5-8-17/h3-5,7-10,13H,6,11-12,14H2,1-2H3,(H,21,23). The fraction of sp³-hybridized carbons (Fsp3) is 0.300. The van der Waals surface area contributed by atoms with Crippen LogP contribution >= 0.6 is 0 Å². The molecule has 0 atom stereocenters. The average molecular weight is 357 g/mol. The fourth-order valence-corrected chi connectivity index (χ4v) is 2.21. The lowest BCUT2D eigenvalue weighted by atomic mass is 10.1. The van der Waals surface area contributed by atoms with Gasteiger partial charge in [0.1, 0.15) is 5.75 Å². The first kappa shape index (κ1) is 19.3. The van der Waals surface area contributed by atoms with Gasteiger partial charge in [-0.05, 0) is 43.7 Å². The molecule has 0 aliphatic rings. The van der Waals surface area contributed by atoms with Crippen LogP contribution in [0.4, 0.5) is 0 Å². The zero-order valence-electron chi connectivity index (χ0n) is 15.0. The second kappa shape index (κ2) is 10.1. The first-order valence-electron chi connectivity index (χ1n) is 8.36. The van der Waals surface area contributed by atoms with Crippen molar-refractivity contribution in [1.82, 2.24) is 5.32 Å². The number of methoxy groups -OCH3 is 1. The van der Waals surface area contributed by atoms with Crippen LogP contribution in [0.2, 0.25) is 0 Å². The zero-order chi connectivity index (χ0) is 18.8. The summed E-state index contributed by atoms with van der Waals surface area (Å²) in [5.41, 5.74) is 0.525. The zero-order valence-corrected chi connectivity index (χ0v) is 15.0. The Balaban J connectivity index is 1.69. The number of para-hydroxylation sites is 1. The summed E-state index contributed by atoms with van der Waals surface area (Å²) in [6.45, 7) is 2.36. The summed E-state index contributed by atoms with van der Waals surface area (Å²) < 4.78 is 16.2. The van der Waals surface area contributed by atoms with Crippen molar-refractivity contribution in [2.75, 3.05) is 26.9 Å². The summed E-state index contributed by atoms with van der Waals surface area (Å²) in [7, 11) is 1.49. The summed E-state index contributed by atoms with van der Waals surface area (Å²) in [6.07, 6.45) is 0.692. The number of hydrogen-bond acceptors (Lipinski definition) is 5. The minimum Gasteiger partial charge on any atom is -0.494 e. The molecule has 2 aromatic rings. The molecule has 2 aromatic carbocycles. The molecule has 0 radical (unpaired) electrons. The Morgan fingerprint density at radius 1 is 1.00 bits per heavy atom. The predicted molar refractivity (Wildman–Crippen MR) is 98.1 cm³/mol. The van der Waals surface area contributed by atoms with Crippen molar-refractivity contribution in [3.05, 3.63) is 54.1 Å². The van der Waals surface area contributed by atoms with Crippen LogP contribution in [0, 0.1) is 0 Å². The summed E-state index contributed by atoms with van der Waals surface area (Å²) in [5, 5.41) is 2.77. The number of rotatable bonds is 10. The second-order valence-electron chi connectivity index (χ2n) is 5.58. The quantitative estimate of drug-likeness (QED) is 0.523. The van der Waals surface area contributed by atoms with Gasteiger partial charge in [-0.1, -0.05) is 18.2 Å². The van der Waals surface area contributed by atoms with Crippen molar-refractivity contribution < 1.29 is 23.8 Å². The van der Waals surface area contributed by atoms with E-state index in [1.54, 1.807) is 18.2 Å². The number of ether oxygens (including phenoxy) is 3. The van der Waals surface area contributed by atoms with Crippen molar-refractivity contribution >= 4 is 11.7 Å². The van der Waals surface area contributed by atoms with Gasteiger partial charge >= 0.3 is 0 Å². The number of ketones is 1. The van der Waals surface area contributed by atoms with Gasteiger partial charge in [-0.15, -0.1) is 0 Å². The van der Waals surface area contributed by atoms with Crippen LogP contribution in [0.3, 0.4) is 0 Å². The van der Waals surface area contributed by atoms with Crippen molar-refractivity contribution in [1.29, 1.82) is 0 Å². The van der Waals surface area contributed by atoms with Gasteiger partial charge < -0.3 is 19.5 Å². The van der Waals surface area contributed by atoms with E-state index in [1.165, 1.54) is 14.0 Å². The van der Waals surface area contributed by atoms with E-state index < -0.39 is 0 Å². The van der Waals surface area contributed by atoms with E-state index in [9.17, 15) is 9.59 Å². The molecular weight excluding hydrogens is 334 g/mol. The normalized spacial score (nSPS) is 10.1. The molecule has 138 valence electrons. The van der Waals surface area contributed by atoms with Gasteiger partial charge in [0.05, 0.1) is 13.7 Å². The number of carbonyl (C=O) groups is 2. The monoisotopic (exact) mass is 357 g/mol. The third-order valence-electron chi connectivity index (χ3n) is 3.58. The minimum absolute atomic E-state index is 0.0645. The number of Topliss-reactive ketones (excluding diaryl/α,β-unsaturated/α-hetero) is 1. The molecule has 1 amide bonds. The molecule has 0 aliphatic carbocycles. The van der Waals surface area contributed by atoms with E-state index in [0.717, 1.165) is 5.75 Å². The van der Waals surface area contributed by atoms with Crippen LogP contribution in [0.5, 0.6) is 17.2 Å². The number of carbonyl (C=O) groups excluding carboxylic acids is 2. The van der Waals surface area contributed by atoms with Gasteiger partial charge in [0, 0.05) is 12.1 Å². The molecule has 0 spiro atoms. The van der Waals surface area contributed by atoms with Crippen molar-refractivity contribution in [2.45, 2.75) is 13.3 Å². The van der Waals surface area contributed by atoms with E-state index >= 15 is 0 Å². The highest BCUT2D eigenvalue weighted by Crippen LogP contribution is 2.28. The summed E-state index contributed by atoms with van der Waals surface area (Å²) in [5.74, 6) is 1.35. The molecular formula is C20H23NO5. The highest BCUT2D eigenvalue weighted by atomic mass is 16.5. The van der Waals surface area contributed by atoms with Crippen molar-refractivity contribution in [2.24, 2.45) is 0 Å². The molecule has 0 aliphatic heterocycles. The molecule has 0 saturated carbocycles. The van der Waals surface area contributed by atoms with Gasteiger partial charge in [-0.3, -0.25) is 9.59 Å². The molecule has 0 fully saturated rings. The third-order valence-corrected chi connectivity index (χ3v) is 3.58. The lowest BCUT2D eigenvalue weighted by Crippen LogP contribution is -2.30. The van der Waals surface area contributed by atoms with Crippen LogP contribution in [-0.2, 0) is 4.79 Å². The first-order valence-corrected chi connectivity index (χ1v) is 8.36. The Morgan fingerprint density at radius 2 is 1.77 bits per heavy atom. The van der Waals surface area contributed by atoms with Crippen LogP contribution < -0.4 is 19.5 Å².